The van der Waals surface area contributed by atoms with E-state index in [9.17, 15) is 8.42 Å². The lowest BCUT2D eigenvalue weighted by molar-refractivity contribution is 0.0281. The lowest BCUT2D eigenvalue weighted by Gasteiger charge is -2.25. The van der Waals surface area contributed by atoms with Crippen LogP contribution < -0.4 is 15.8 Å². The summed E-state index contributed by atoms with van der Waals surface area (Å²) >= 11 is 0. The van der Waals surface area contributed by atoms with E-state index in [1.54, 1.807) is 12.1 Å². The summed E-state index contributed by atoms with van der Waals surface area (Å²) < 4.78 is 32.5. The number of benzene rings is 1. The van der Waals surface area contributed by atoms with Gasteiger partial charge in [0.15, 0.2) is 0 Å². The highest BCUT2D eigenvalue weighted by Gasteiger charge is 2.28. The van der Waals surface area contributed by atoms with E-state index in [1.807, 2.05) is 0 Å². The first kappa shape index (κ1) is 13.8. The Morgan fingerprint density at radius 2 is 2.15 bits per heavy atom. The molecular weight excluding hydrogens is 278 g/mol. The second kappa shape index (κ2) is 5.33. The molecule has 1 atom stereocenters. The van der Waals surface area contributed by atoms with Crippen LogP contribution in [0.2, 0.25) is 0 Å². The maximum atomic E-state index is 12.1. The molecule has 0 bridgehead atoms. The zero-order valence-corrected chi connectivity index (χ0v) is 11.9. The van der Waals surface area contributed by atoms with Gasteiger partial charge in [0.05, 0.1) is 17.6 Å². The second-order valence-corrected chi connectivity index (χ2v) is 6.96. The Morgan fingerprint density at radius 1 is 1.35 bits per heavy atom. The second-order valence-electron chi connectivity index (χ2n) is 5.25. The fourth-order valence-electron chi connectivity index (χ4n) is 2.27. The van der Waals surface area contributed by atoms with E-state index >= 15 is 0 Å². The smallest absolute Gasteiger partial charge is 0.240 e. The Balaban J connectivity index is 1.82. The molecule has 110 valence electrons. The van der Waals surface area contributed by atoms with E-state index in [1.165, 1.54) is 6.07 Å². The molecule has 1 aliphatic carbocycles. The van der Waals surface area contributed by atoms with Crippen LogP contribution in [0.25, 0.3) is 0 Å². The minimum atomic E-state index is -3.45. The van der Waals surface area contributed by atoms with Gasteiger partial charge in [-0.3, -0.25) is 0 Å². The van der Waals surface area contributed by atoms with Gasteiger partial charge in [-0.1, -0.05) is 6.07 Å². The molecule has 3 rings (SSSR count). The van der Waals surface area contributed by atoms with Gasteiger partial charge in [0.1, 0.15) is 0 Å². The molecule has 1 aromatic carbocycles. The molecule has 6 nitrogen and oxygen atoms in total. The molecule has 1 saturated heterocycles. The van der Waals surface area contributed by atoms with Crippen molar-refractivity contribution in [2.45, 2.75) is 29.9 Å². The molecule has 7 heteroatoms. The number of anilines is 1. The van der Waals surface area contributed by atoms with E-state index in [0.29, 0.717) is 18.8 Å². The molecular formula is C13H19N3O3S. The van der Waals surface area contributed by atoms with Crippen molar-refractivity contribution in [2.24, 2.45) is 0 Å². The predicted molar refractivity (Wildman–Crippen MR) is 75.8 cm³/mol. The number of rotatable bonds is 4. The molecule has 1 saturated carbocycles. The zero-order chi connectivity index (χ0) is 14.2. The van der Waals surface area contributed by atoms with Crippen LogP contribution in [0.1, 0.15) is 24.5 Å². The Morgan fingerprint density at radius 3 is 2.75 bits per heavy atom. The summed E-state index contributed by atoms with van der Waals surface area (Å²) in [5, 5.41) is 3.23. The summed E-state index contributed by atoms with van der Waals surface area (Å²) in [7, 11) is -3.45. The number of morpholine rings is 1. The van der Waals surface area contributed by atoms with Crippen LogP contribution >= 0.6 is 0 Å². The first-order chi connectivity index (χ1) is 9.56. The minimum absolute atomic E-state index is 0.0896. The maximum Gasteiger partial charge on any atom is 0.240 e. The van der Waals surface area contributed by atoms with Crippen LogP contribution in [-0.4, -0.2) is 34.2 Å². The molecule has 0 amide bonds. The topological polar surface area (TPSA) is 93.5 Å². The summed E-state index contributed by atoms with van der Waals surface area (Å²) in [4.78, 5) is 0.217. The van der Waals surface area contributed by atoms with Gasteiger partial charge in [-0.15, -0.1) is 0 Å². The van der Waals surface area contributed by atoms with Crippen LogP contribution in [0.3, 0.4) is 0 Å². The van der Waals surface area contributed by atoms with Gasteiger partial charge in [-0.25, -0.2) is 13.1 Å². The van der Waals surface area contributed by atoms with Crippen molar-refractivity contribution in [3.8, 4) is 0 Å². The van der Waals surface area contributed by atoms with E-state index in [0.717, 1.165) is 24.9 Å². The molecule has 4 N–H and O–H groups in total. The molecule has 2 fully saturated rings. The van der Waals surface area contributed by atoms with Gasteiger partial charge in [-0.2, -0.15) is 0 Å². The van der Waals surface area contributed by atoms with Gasteiger partial charge >= 0.3 is 0 Å². The number of nitrogen functional groups attached to an aromatic ring is 1. The molecule has 0 radical (unpaired) electrons. The quantitative estimate of drug-likeness (QED) is 0.698. The van der Waals surface area contributed by atoms with Crippen LogP contribution in [0.4, 0.5) is 5.69 Å². The third-order valence-electron chi connectivity index (χ3n) is 3.54. The van der Waals surface area contributed by atoms with Crippen molar-refractivity contribution in [2.75, 3.05) is 25.4 Å². The first-order valence-electron chi connectivity index (χ1n) is 6.80. The average Bonchev–Trinajstić information content (AvgIpc) is 3.23. The van der Waals surface area contributed by atoms with Crippen LogP contribution in [0, 0.1) is 0 Å². The van der Waals surface area contributed by atoms with Gasteiger partial charge in [0.2, 0.25) is 10.0 Å². The maximum absolute atomic E-state index is 12.1. The number of nitrogens with one attached hydrogen (secondary N) is 2. The number of sulfonamides is 1. The van der Waals surface area contributed by atoms with Crippen LogP contribution in [0.15, 0.2) is 23.1 Å². The van der Waals surface area contributed by atoms with Crippen molar-refractivity contribution in [3.63, 3.8) is 0 Å². The average molecular weight is 297 g/mol. The van der Waals surface area contributed by atoms with Crippen LogP contribution in [-0.2, 0) is 14.8 Å². The van der Waals surface area contributed by atoms with Crippen LogP contribution in [0.5, 0.6) is 0 Å². The summed E-state index contributed by atoms with van der Waals surface area (Å²) in [6.07, 6.45) is 1.71. The lowest BCUT2D eigenvalue weighted by atomic mass is 10.1. The summed E-state index contributed by atoms with van der Waals surface area (Å²) in [5.74, 6) is 0. The Labute approximate surface area is 118 Å². The summed E-state index contributed by atoms with van der Waals surface area (Å²) in [6, 6.07) is 4.94. The number of hydrogen-bond acceptors (Lipinski definition) is 5. The van der Waals surface area contributed by atoms with Gasteiger partial charge < -0.3 is 15.8 Å². The molecule has 0 aromatic heterocycles. The van der Waals surface area contributed by atoms with E-state index in [4.69, 9.17) is 10.5 Å². The standard InChI is InChI=1S/C13H19N3O3S/c14-12-7-10(20(17,18)16-9-1-2-9)3-4-11(12)13-8-15-5-6-19-13/h3-4,7,9,13,15-16H,1-2,5-6,8,14H2. The zero-order valence-electron chi connectivity index (χ0n) is 11.1. The molecule has 0 spiro atoms. The molecule has 1 aliphatic heterocycles. The minimum Gasteiger partial charge on any atom is -0.398 e. The third-order valence-corrected chi connectivity index (χ3v) is 5.06. The largest absolute Gasteiger partial charge is 0.398 e. The molecule has 1 aromatic rings. The molecule has 1 heterocycles. The highest BCUT2D eigenvalue weighted by Crippen LogP contribution is 2.28. The van der Waals surface area contributed by atoms with Crippen molar-refractivity contribution in [1.82, 2.24) is 10.0 Å². The Bertz CT molecular complexity index is 593. The monoisotopic (exact) mass is 297 g/mol. The van der Waals surface area contributed by atoms with Gasteiger partial charge in [-0.05, 0) is 25.0 Å². The summed E-state index contributed by atoms with van der Waals surface area (Å²) in [6.45, 7) is 2.15. The third kappa shape index (κ3) is 2.95. The van der Waals surface area contributed by atoms with Crippen molar-refractivity contribution >= 4 is 15.7 Å². The highest BCUT2D eigenvalue weighted by molar-refractivity contribution is 7.89. The fraction of sp³-hybridized carbons (Fsp3) is 0.538. The highest BCUT2D eigenvalue weighted by atomic mass is 32.2. The van der Waals surface area contributed by atoms with E-state index in [2.05, 4.69) is 10.0 Å². The van der Waals surface area contributed by atoms with E-state index < -0.39 is 10.0 Å². The number of ether oxygens (including phenoxy) is 1. The van der Waals surface area contributed by atoms with Crippen molar-refractivity contribution in [3.05, 3.63) is 23.8 Å². The Kier molecular flexibility index (Phi) is 3.68. The van der Waals surface area contributed by atoms with E-state index in [-0.39, 0.29) is 17.0 Å². The fourth-order valence-corrected chi connectivity index (χ4v) is 3.61. The molecule has 20 heavy (non-hydrogen) atoms. The van der Waals surface area contributed by atoms with Gasteiger partial charge in [0, 0.05) is 30.4 Å². The number of nitrogens with two attached hydrogens (primary N) is 1. The predicted octanol–water partition coefficient (Wildman–Crippen LogP) is 0.370. The normalized spacial score (nSPS) is 23.7. The summed E-state index contributed by atoms with van der Waals surface area (Å²) in [5.41, 5.74) is 7.29. The first-order valence-corrected chi connectivity index (χ1v) is 8.29. The number of hydrogen-bond donors (Lipinski definition) is 3. The van der Waals surface area contributed by atoms with Crippen molar-refractivity contribution in [1.29, 1.82) is 0 Å². The SMILES string of the molecule is Nc1cc(S(=O)(=O)NC2CC2)ccc1C1CNCCO1. The molecule has 1 unspecified atom stereocenters. The van der Waals surface area contributed by atoms with Gasteiger partial charge in [0.25, 0.3) is 0 Å². The molecule has 2 aliphatic rings. The Hall–Kier alpha value is -1.15. The van der Waals surface area contributed by atoms with Crippen molar-refractivity contribution < 1.29 is 13.2 Å². The lowest BCUT2D eigenvalue weighted by Crippen LogP contribution is -2.33.